The third-order valence-corrected chi connectivity index (χ3v) is 6.68. The fourth-order valence-corrected chi connectivity index (χ4v) is 4.18. The van der Waals surface area contributed by atoms with Gasteiger partial charge in [0.1, 0.15) is 17.8 Å². The molecule has 3 atom stereocenters. The van der Waals surface area contributed by atoms with Crippen LogP contribution in [-0.4, -0.2) is 102 Å². The molecule has 1 saturated heterocycles. The van der Waals surface area contributed by atoms with Crippen molar-refractivity contribution in [2.45, 2.75) is 66.4 Å². The molecule has 0 radical (unpaired) electrons. The molecule has 0 saturated carbocycles. The van der Waals surface area contributed by atoms with Gasteiger partial charge in [0.2, 0.25) is 5.28 Å². The highest BCUT2D eigenvalue weighted by atomic mass is 35.5. The molecule has 1 aliphatic rings. The minimum Gasteiger partial charge on any atom is -0.390 e. The molecule has 37 heavy (non-hydrogen) atoms. The lowest BCUT2D eigenvalue weighted by Crippen LogP contribution is -2.25. The average molecular weight is 568 g/mol. The van der Waals surface area contributed by atoms with Crippen LogP contribution >= 0.6 is 19.4 Å². The summed E-state index contributed by atoms with van der Waals surface area (Å²) in [5.74, 6) is 0.110. The van der Waals surface area contributed by atoms with Crippen molar-refractivity contribution in [3.05, 3.63) is 11.6 Å². The van der Waals surface area contributed by atoms with Crippen LogP contribution in [0.2, 0.25) is 5.28 Å². The summed E-state index contributed by atoms with van der Waals surface area (Å²) >= 11 is 5.78. The first kappa shape index (κ1) is 33.6. The number of nitrogen functional groups attached to an aromatic ring is 1. The first-order chi connectivity index (χ1) is 17.4. The van der Waals surface area contributed by atoms with Crippen molar-refractivity contribution in [1.29, 1.82) is 0 Å². The molecule has 0 bridgehead atoms. The van der Waals surface area contributed by atoms with E-state index in [9.17, 15) is 9.67 Å². The number of nitrogens with two attached hydrogens (primary N) is 1. The zero-order chi connectivity index (χ0) is 28.2. The van der Waals surface area contributed by atoms with Crippen molar-refractivity contribution in [3.63, 3.8) is 0 Å². The Hall–Kier alpha value is -1.41. The fraction of sp³-hybridized carbons (Fsp3) is 0.773. The van der Waals surface area contributed by atoms with E-state index in [2.05, 4.69) is 70.8 Å². The van der Waals surface area contributed by atoms with Crippen LogP contribution in [0.5, 0.6) is 0 Å². The predicted octanol–water partition coefficient (Wildman–Crippen LogP) is 2.52. The van der Waals surface area contributed by atoms with Gasteiger partial charge < -0.3 is 35.2 Å². The molecule has 1 aliphatic heterocycles. The maximum atomic E-state index is 10.7. The molecule has 3 rings (SSSR count). The van der Waals surface area contributed by atoms with Crippen LogP contribution in [0, 0.1) is 0 Å². The summed E-state index contributed by atoms with van der Waals surface area (Å²) in [6.45, 7) is 19.8. The Morgan fingerprint density at radius 1 is 1.08 bits per heavy atom. The first-order valence-electron chi connectivity index (χ1n) is 12.6. The summed E-state index contributed by atoms with van der Waals surface area (Å²) in [6, 6.07) is 0. The minimum absolute atomic E-state index is 0.0586. The second-order valence-electron chi connectivity index (χ2n) is 8.16. The molecule has 0 unspecified atom stereocenters. The zero-order valence-electron chi connectivity index (χ0n) is 22.6. The minimum atomic E-state index is -4.64. The number of imidazole rings is 1. The van der Waals surface area contributed by atoms with E-state index in [1.54, 1.807) is 0 Å². The van der Waals surface area contributed by atoms with E-state index < -0.39 is 32.9 Å². The number of aromatic nitrogens is 4. The number of hydrogen-bond donors (Lipinski definition) is 4. The highest BCUT2D eigenvalue weighted by molar-refractivity contribution is 7.46. The van der Waals surface area contributed by atoms with Crippen LogP contribution in [-0.2, 0) is 13.8 Å². The molecule has 0 aromatic carbocycles. The molecule has 0 spiro atoms. The molecule has 0 amide bonds. The van der Waals surface area contributed by atoms with E-state index >= 15 is 0 Å². The van der Waals surface area contributed by atoms with E-state index in [1.807, 2.05) is 0 Å². The van der Waals surface area contributed by atoms with Crippen molar-refractivity contribution in [2.75, 3.05) is 51.6 Å². The molecule has 15 heteroatoms. The van der Waals surface area contributed by atoms with Crippen LogP contribution in [0.1, 0.15) is 54.2 Å². The number of phosphoric acid groups is 1. The van der Waals surface area contributed by atoms with E-state index in [4.69, 9.17) is 31.9 Å². The number of aliphatic hydroxyl groups excluding tert-OH is 1. The second-order valence-corrected chi connectivity index (χ2v) is 9.74. The van der Waals surface area contributed by atoms with Crippen LogP contribution in [0.4, 0.5) is 5.82 Å². The van der Waals surface area contributed by atoms with Crippen molar-refractivity contribution in [1.82, 2.24) is 29.3 Å². The topological polar surface area (TPSA) is 172 Å². The Morgan fingerprint density at radius 2 is 1.59 bits per heavy atom. The van der Waals surface area contributed by atoms with Gasteiger partial charge >= 0.3 is 7.82 Å². The highest BCUT2D eigenvalue weighted by Gasteiger charge is 2.37. The van der Waals surface area contributed by atoms with E-state index in [0.717, 1.165) is 0 Å². The van der Waals surface area contributed by atoms with Gasteiger partial charge in [0.25, 0.3) is 0 Å². The fourth-order valence-electron chi connectivity index (χ4n) is 3.67. The van der Waals surface area contributed by atoms with Gasteiger partial charge in [-0.3, -0.25) is 9.09 Å². The van der Waals surface area contributed by atoms with E-state index in [1.165, 1.54) is 50.2 Å². The second kappa shape index (κ2) is 16.5. The number of phosphoric ester groups is 1. The molecular formula is C22H43ClN7O6P. The third kappa shape index (κ3) is 11.1. The summed E-state index contributed by atoms with van der Waals surface area (Å²) in [6.07, 6.45) is -0.971. The summed E-state index contributed by atoms with van der Waals surface area (Å²) in [7, 11) is -4.64. The first-order valence-corrected chi connectivity index (χ1v) is 14.5. The molecular weight excluding hydrogens is 525 g/mol. The number of halogens is 1. The smallest absolute Gasteiger partial charge is 0.390 e. The molecule has 13 nitrogen and oxygen atoms in total. The zero-order valence-corrected chi connectivity index (χ0v) is 24.3. The molecule has 1 fully saturated rings. The number of anilines is 1. The van der Waals surface area contributed by atoms with Crippen molar-refractivity contribution < 1.29 is 28.7 Å². The lowest BCUT2D eigenvalue weighted by Gasteiger charge is -2.16. The monoisotopic (exact) mass is 567 g/mol. The summed E-state index contributed by atoms with van der Waals surface area (Å²) in [5, 5.41) is 9.90. The number of hydrogen-bond acceptors (Lipinski definition) is 10. The van der Waals surface area contributed by atoms with Gasteiger partial charge in [-0.05, 0) is 50.9 Å². The van der Waals surface area contributed by atoms with Crippen molar-refractivity contribution in [3.8, 4) is 0 Å². The van der Waals surface area contributed by atoms with Crippen LogP contribution in [0.3, 0.4) is 0 Å². The van der Waals surface area contributed by atoms with Crippen LogP contribution < -0.4 is 5.73 Å². The van der Waals surface area contributed by atoms with Gasteiger partial charge in [-0.1, -0.05) is 41.5 Å². The normalized spacial score (nSPS) is 19.6. The lowest BCUT2D eigenvalue weighted by atomic mass is 10.2. The van der Waals surface area contributed by atoms with Gasteiger partial charge in [0, 0.05) is 6.42 Å². The Kier molecular flexibility index (Phi) is 15.0. The van der Waals surface area contributed by atoms with Gasteiger partial charge in [-0.25, -0.2) is 9.55 Å². The Labute approximate surface area is 224 Å². The van der Waals surface area contributed by atoms with Gasteiger partial charge in [-0.15, -0.1) is 0 Å². The van der Waals surface area contributed by atoms with Crippen LogP contribution in [0.15, 0.2) is 6.33 Å². The lowest BCUT2D eigenvalue weighted by molar-refractivity contribution is -0.0424. The van der Waals surface area contributed by atoms with Crippen LogP contribution in [0.25, 0.3) is 11.2 Å². The number of rotatable bonds is 10. The van der Waals surface area contributed by atoms with E-state index in [-0.39, 0.29) is 17.5 Å². The van der Waals surface area contributed by atoms with Gasteiger partial charge in [-0.2, -0.15) is 9.97 Å². The number of aliphatic hydroxyl groups is 1. The maximum absolute atomic E-state index is 10.7. The molecule has 5 N–H and O–H groups in total. The van der Waals surface area contributed by atoms with Crippen molar-refractivity contribution >= 4 is 36.4 Å². The van der Waals surface area contributed by atoms with Gasteiger partial charge in [0.05, 0.1) is 19.0 Å². The summed E-state index contributed by atoms with van der Waals surface area (Å²) in [5.41, 5.74) is 6.38. The van der Waals surface area contributed by atoms with E-state index in [0.29, 0.717) is 11.2 Å². The highest BCUT2D eigenvalue weighted by Crippen LogP contribution is 2.38. The maximum Gasteiger partial charge on any atom is 0.469 e. The van der Waals surface area contributed by atoms with Crippen molar-refractivity contribution in [2.24, 2.45) is 0 Å². The Bertz CT molecular complexity index is 947. The molecule has 2 aromatic rings. The molecule has 0 aliphatic carbocycles. The van der Waals surface area contributed by atoms with Gasteiger partial charge in [0.15, 0.2) is 11.5 Å². The standard InChI is InChI=1S/C10H13ClN5O6P.2C6H15N/c11-10-14-8(12)7-9(15-10)16(3-13-7)6-1-4(17)5(22-6)2-21-23(18,19)20;2*1-4-7(5-2)6-3/h3-6,17H,1-2H2,(H2,12,14,15)(H2,18,19,20);2*4-6H2,1-3H3/t4-,5+,6+;;/m0../s1. The largest absolute Gasteiger partial charge is 0.469 e. The third-order valence-electron chi connectivity index (χ3n) is 6.03. The Morgan fingerprint density at radius 3 is 2.03 bits per heavy atom. The molecule has 3 heterocycles. The number of fused-ring (bicyclic) bond motifs is 1. The quantitative estimate of drug-likeness (QED) is 0.244. The molecule has 214 valence electrons. The number of ether oxygens (including phenoxy) is 1. The predicted molar refractivity (Wildman–Crippen MR) is 144 cm³/mol. The SMILES string of the molecule is CCN(CC)CC.CCN(CC)CC.Nc1nc(Cl)nc2c1ncn2[C@H]1C[C@H](O)[C@@H](COP(=O)(O)O)O1. The Balaban J connectivity index is 0.000000404. The summed E-state index contributed by atoms with van der Waals surface area (Å²) in [4.78, 5) is 34.1. The molecule has 2 aromatic heterocycles. The number of nitrogens with zero attached hydrogens (tertiary/aromatic N) is 6. The summed E-state index contributed by atoms with van der Waals surface area (Å²) < 4.78 is 22.2. The average Bonchev–Trinajstić information content (AvgIpc) is 3.43.